The average molecular weight is 431 g/mol. The molecule has 130 valence electrons. The SMILES string of the molecule is CCNC(=NCC(C)(C)c1ccc(OC)cc1)NC1CC1C.I. The molecule has 2 unspecified atom stereocenters. The molecule has 0 amide bonds. The first kappa shape index (κ1) is 20.1. The van der Waals surface area contributed by atoms with Gasteiger partial charge in [-0.15, -0.1) is 24.0 Å². The van der Waals surface area contributed by atoms with Gasteiger partial charge in [0.15, 0.2) is 5.96 Å². The normalized spacial score (nSPS) is 20.5. The van der Waals surface area contributed by atoms with Crippen LogP contribution in [0.15, 0.2) is 29.3 Å². The highest BCUT2D eigenvalue weighted by Crippen LogP contribution is 2.29. The quantitative estimate of drug-likeness (QED) is 0.412. The van der Waals surface area contributed by atoms with Crippen molar-refractivity contribution in [2.24, 2.45) is 10.9 Å². The summed E-state index contributed by atoms with van der Waals surface area (Å²) in [6, 6.07) is 8.85. The minimum absolute atomic E-state index is 0. The Hall–Kier alpha value is -0.980. The molecule has 0 bridgehead atoms. The van der Waals surface area contributed by atoms with Crippen molar-refractivity contribution in [3.05, 3.63) is 29.8 Å². The third kappa shape index (κ3) is 5.86. The summed E-state index contributed by atoms with van der Waals surface area (Å²) >= 11 is 0. The number of nitrogens with zero attached hydrogens (tertiary/aromatic N) is 1. The molecular formula is C18H30IN3O. The van der Waals surface area contributed by atoms with E-state index in [4.69, 9.17) is 9.73 Å². The van der Waals surface area contributed by atoms with Crippen LogP contribution in [0.3, 0.4) is 0 Å². The maximum absolute atomic E-state index is 5.23. The molecule has 0 spiro atoms. The number of hydrogen-bond acceptors (Lipinski definition) is 2. The number of aliphatic imine (C=N–C) groups is 1. The monoisotopic (exact) mass is 431 g/mol. The summed E-state index contributed by atoms with van der Waals surface area (Å²) in [6.07, 6.45) is 1.24. The Kier molecular flexibility index (Phi) is 7.64. The van der Waals surface area contributed by atoms with E-state index in [1.165, 1.54) is 12.0 Å². The first-order valence-corrected chi connectivity index (χ1v) is 8.15. The van der Waals surface area contributed by atoms with Gasteiger partial charge < -0.3 is 15.4 Å². The van der Waals surface area contributed by atoms with Crippen LogP contribution in [-0.4, -0.2) is 32.2 Å². The maximum atomic E-state index is 5.23. The first-order chi connectivity index (χ1) is 10.5. The minimum Gasteiger partial charge on any atom is -0.497 e. The van der Waals surface area contributed by atoms with E-state index in [1.54, 1.807) is 7.11 Å². The topological polar surface area (TPSA) is 45.7 Å². The Morgan fingerprint density at radius 1 is 1.30 bits per heavy atom. The van der Waals surface area contributed by atoms with Crippen molar-refractivity contribution in [3.8, 4) is 5.75 Å². The fourth-order valence-electron chi connectivity index (χ4n) is 2.43. The van der Waals surface area contributed by atoms with Crippen LogP contribution in [0.4, 0.5) is 0 Å². The predicted molar refractivity (Wildman–Crippen MR) is 108 cm³/mol. The van der Waals surface area contributed by atoms with Gasteiger partial charge in [-0.25, -0.2) is 0 Å². The van der Waals surface area contributed by atoms with Gasteiger partial charge in [0.1, 0.15) is 5.75 Å². The summed E-state index contributed by atoms with van der Waals surface area (Å²) in [5.74, 6) is 2.58. The molecule has 4 nitrogen and oxygen atoms in total. The summed E-state index contributed by atoms with van der Waals surface area (Å²) in [5, 5.41) is 6.84. The van der Waals surface area contributed by atoms with Gasteiger partial charge in [-0.1, -0.05) is 32.9 Å². The molecule has 0 aliphatic heterocycles. The molecule has 1 saturated carbocycles. The van der Waals surface area contributed by atoms with E-state index in [2.05, 4.69) is 50.5 Å². The summed E-state index contributed by atoms with van der Waals surface area (Å²) in [7, 11) is 1.69. The van der Waals surface area contributed by atoms with E-state index in [-0.39, 0.29) is 29.4 Å². The Morgan fingerprint density at radius 3 is 2.39 bits per heavy atom. The molecule has 2 atom stereocenters. The second-order valence-corrected chi connectivity index (χ2v) is 6.77. The molecule has 1 aliphatic carbocycles. The lowest BCUT2D eigenvalue weighted by Gasteiger charge is -2.24. The summed E-state index contributed by atoms with van der Waals surface area (Å²) in [4.78, 5) is 4.78. The van der Waals surface area contributed by atoms with Gasteiger partial charge in [-0.2, -0.15) is 0 Å². The number of ether oxygens (including phenoxy) is 1. The van der Waals surface area contributed by atoms with E-state index < -0.39 is 0 Å². The second kappa shape index (κ2) is 8.76. The molecular weight excluding hydrogens is 401 g/mol. The third-order valence-electron chi connectivity index (χ3n) is 4.28. The molecule has 1 aliphatic rings. The van der Waals surface area contributed by atoms with Gasteiger partial charge in [-0.3, -0.25) is 4.99 Å². The molecule has 1 aromatic rings. The highest BCUT2D eigenvalue weighted by atomic mass is 127. The lowest BCUT2D eigenvalue weighted by Crippen LogP contribution is -2.40. The van der Waals surface area contributed by atoms with Crippen LogP contribution in [-0.2, 0) is 5.41 Å². The predicted octanol–water partition coefficient (Wildman–Crippen LogP) is 3.55. The molecule has 1 aromatic carbocycles. The van der Waals surface area contributed by atoms with Crippen molar-refractivity contribution in [2.45, 2.75) is 45.6 Å². The van der Waals surface area contributed by atoms with Gasteiger partial charge in [0.25, 0.3) is 0 Å². The molecule has 0 saturated heterocycles. The van der Waals surface area contributed by atoms with Gasteiger partial charge in [0.2, 0.25) is 0 Å². The molecule has 0 radical (unpaired) electrons. The van der Waals surface area contributed by atoms with Gasteiger partial charge in [-0.05, 0) is 37.0 Å². The van der Waals surface area contributed by atoms with Crippen LogP contribution >= 0.6 is 24.0 Å². The number of methoxy groups -OCH3 is 1. The number of guanidine groups is 1. The molecule has 2 rings (SSSR count). The zero-order valence-electron chi connectivity index (χ0n) is 14.8. The fourth-order valence-corrected chi connectivity index (χ4v) is 2.43. The van der Waals surface area contributed by atoms with Crippen molar-refractivity contribution in [1.82, 2.24) is 10.6 Å². The van der Waals surface area contributed by atoms with Gasteiger partial charge >= 0.3 is 0 Å². The molecule has 2 N–H and O–H groups in total. The Bertz CT molecular complexity index is 514. The van der Waals surface area contributed by atoms with E-state index in [0.717, 1.165) is 30.7 Å². The number of nitrogens with one attached hydrogen (secondary N) is 2. The minimum atomic E-state index is -0.0101. The first-order valence-electron chi connectivity index (χ1n) is 8.15. The number of rotatable bonds is 6. The highest BCUT2D eigenvalue weighted by Gasteiger charge is 2.33. The Morgan fingerprint density at radius 2 is 1.91 bits per heavy atom. The zero-order chi connectivity index (χ0) is 16.2. The number of benzene rings is 1. The Balaban J connectivity index is 0.00000264. The molecule has 5 heteroatoms. The Labute approximate surface area is 157 Å². The van der Waals surface area contributed by atoms with E-state index in [0.29, 0.717) is 6.04 Å². The number of hydrogen-bond donors (Lipinski definition) is 2. The third-order valence-corrected chi connectivity index (χ3v) is 4.28. The highest BCUT2D eigenvalue weighted by molar-refractivity contribution is 14.0. The van der Waals surface area contributed by atoms with Crippen molar-refractivity contribution in [2.75, 3.05) is 20.2 Å². The van der Waals surface area contributed by atoms with Crippen LogP contribution in [0, 0.1) is 5.92 Å². The average Bonchev–Trinajstić information content (AvgIpc) is 3.20. The standard InChI is InChI=1S/C18H29N3O.HI/c1-6-19-17(21-16-11-13(16)2)20-12-18(3,4)14-7-9-15(22-5)10-8-14;/h7-10,13,16H,6,11-12H2,1-5H3,(H2,19,20,21);1H. The van der Waals surface area contributed by atoms with E-state index in [9.17, 15) is 0 Å². The van der Waals surface area contributed by atoms with Gasteiger partial charge in [0.05, 0.1) is 13.7 Å². The van der Waals surface area contributed by atoms with E-state index >= 15 is 0 Å². The lowest BCUT2D eigenvalue weighted by molar-refractivity contribution is 0.414. The van der Waals surface area contributed by atoms with Gasteiger partial charge in [0, 0.05) is 18.0 Å². The van der Waals surface area contributed by atoms with Crippen LogP contribution < -0.4 is 15.4 Å². The molecule has 0 heterocycles. The van der Waals surface area contributed by atoms with Crippen molar-refractivity contribution >= 4 is 29.9 Å². The summed E-state index contributed by atoms with van der Waals surface area (Å²) < 4.78 is 5.23. The van der Waals surface area contributed by atoms with Crippen molar-refractivity contribution in [3.63, 3.8) is 0 Å². The van der Waals surface area contributed by atoms with E-state index in [1.807, 2.05) is 12.1 Å². The molecule has 0 aromatic heterocycles. The summed E-state index contributed by atoms with van der Waals surface area (Å²) in [6.45, 7) is 10.4. The van der Waals surface area contributed by atoms with Crippen molar-refractivity contribution < 1.29 is 4.74 Å². The lowest BCUT2D eigenvalue weighted by atomic mass is 9.85. The smallest absolute Gasteiger partial charge is 0.191 e. The largest absolute Gasteiger partial charge is 0.497 e. The van der Waals surface area contributed by atoms with Crippen LogP contribution in [0.2, 0.25) is 0 Å². The van der Waals surface area contributed by atoms with Crippen LogP contribution in [0.1, 0.15) is 39.7 Å². The second-order valence-electron chi connectivity index (χ2n) is 6.77. The number of halogens is 1. The van der Waals surface area contributed by atoms with Crippen molar-refractivity contribution in [1.29, 1.82) is 0 Å². The molecule has 1 fully saturated rings. The molecule has 23 heavy (non-hydrogen) atoms. The zero-order valence-corrected chi connectivity index (χ0v) is 17.2. The van der Waals surface area contributed by atoms with Crippen LogP contribution in [0.25, 0.3) is 0 Å². The maximum Gasteiger partial charge on any atom is 0.191 e. The summed E-state index contributed by atoms with van der Waals surface area (Å²) in [5.41, 5.74) is 1.26. The van der Waals surface area contributed by atoms with Crippen LogP contribution in [0.5, 0.6) is 5.75 Å². The fraction of sp³-hybridized carbons (Fsp3) is 0.611.